The van der Waals surface area contributed by atoms with Crippen LogP contribution >= 0.6 is 0 Å². The molecule has 0 unspecified atom stereocenters. The molecule has 1 aliphatic rings. The Labute approximate surface area is 81.4 Å². The van der Waals surface area contributed by atoms with Gasteiger partial charge in [0.25, 0.3) is 0 Å². The van der Waals surface area contributed by atoms with Crippen molar-refractivity contribution in [1.82, 2.24) is 4.90 Å². The van der Waals surface area contributed by atoms with Crippen LogP contribution in [0.2, 0.25) is 0 Å². The molecule has 1 fully saturated rings. The molecular formula is C12H19N. The summed E-state index contributed by atoms with van der Waals surface area (Å²) in [5, 5.41) is 0. The van der Waals surface area contributed by atoms with Crippen molar-refractivity contribution in [3.8, 4) is 0 Å². The molecule has 0 amide bonds. The molecule has 1 aliphatic heterocycles. The second-order valence-corrected chi connectivity index (χ2v) is 3.56. The van der Waals surface area contributed by atoms with E-state index in [1.807, 2.05) is 12.2 Å². The highest BCUT2D eigenvalue weighted by Crippen LogP contribution is 2.06. The Kier molecular flexibility index (Phi) is 4.55. The van der Waals surface area contributed by atoms with E-state index in [-0.39, 0.29) is 0 Å². The Morgan fingerprint density at radius 3 is 2.69 bits per heavy atom. The summed E-state index contributed by atoms with van der Waals surface area (Å²) in [5.41, 5.74) is 1.27. The first-order valence-corrected chi connectivity index (χ1v) is 5.01. The first-order chi connectivity index (χ1) is 6.33. The van der Waals surface area contributed by atoms with Crippen molar-refractivity contribution in [3.05, 3.63) is 36.5 Å². The molecule has 1 heterocycles. The lowest BCUT2D eigenvalue weighted by Crippen LogP contribution is -2.18. The summed E-state index contributed by atoms with van der Waals surface area (Å²) in [6.07, 6.45) is 11.0. The molecule has 1 heteroatoms. The van der Waals surface area contributed by atoms with Crippen LogP contribution in [-0.2, 0) is 0 Å². The number of nitrogens with zero attached hydrogens (tertiary/aromatic N) is 1. The predicted molar refractivity (Wildman–Crippen MR) is 58.8 cm³/mol. The standard InChI is InChI=1S/C12H19N/c1-3-7-12(2)8-6-11-13-9-4-5-10-13/h3,6-8H,1,4-5,9-11H2,2H3/b8-6+,12-7-. The van der Waals surface area contributed by atoms with Gasteiger partial charge in [-0.1, -0.05) is 36.5 Å². The molecule has 0 aliphatic carbocycles. The molecule has 0 aromatic rings. The summed E-state index contributed by atoms with van der Waals surface area (Å²) in [7, 11) is 0. The van der Waals surface area contributed by atoms with Gasteiger partial charge >= 0.3 is 0 Å². The second-order valence-electron chi connectivity index (χ2n) is 3.56. The van der Waals surface area contributed by atoms with Gasteiger partial charge in [-0.15, -0.1) is 0 Å². The fourth-order valence-corrected chi connectivity index (χ4v) is 1.59. The predicted octanol–water partition coefficient (Wildman–Crippen LogP) is 2.77. The van der Waals surface area contributed by atoms with E-state index in [0.29, 0.717) is 0 Å². The van der Waals surface area contributed by atoms with Crippen molar-refractivity contribution < 1.29 is 0 Å². The zero-order chi connectivity index (χ0) is 9.52. The van der Waals surface area contributed by atoms with Crippen molar-refractivity contribution in [1.29, 1.82) is 0 Å². The Morgan fingerprint density at radius 1 is 1.38 bits per heavy atom. The monoisotopic (exact) mass is 177 g/mol. The minimum Gasteiger partial charge on any atom is -0.300 e. The van der Waals surface area contributed by atoms with Crippen LogP contribution in [0.3, 0.4) is 0 Å². The molecule has 72 valence electrons. The molecule has 1 rings (SSSR count). The third-order valence-corrected chi connectivity index (χ3v) is 2.32. The highest BCUT2D eigenvalue weighted by atomic mass is 15.1. The minimum atomic E-state index is 1.10. The molecule has 0 aromatic heterocycles. The lowest BCUT2D eigenvalue weighted by Gasteiger charge is -2.10. The van der Waals surface area contributed by atoms with E-state index in [1.54, 1.807) is 0 Å². The Hall–Kier alpha value is -0.820. The van der Waals surface area contributed by atoms with Gasteiger partial charge in [0.15, 0.2) is 0 Å². The Morgan fingerprint density at radius 2 is 2.08 bits per heavy atom. The molecular weight excluding hydrogens is 158 g/mol. The van der Waals surface area contributed by atoms with Crippen molar-refractivity contribution >= 4 is 0 Å². The average molecular weight is 177 g/mol. The first kappa shape index (κ1) is 10.3. The SMILES string of the molecule is C=C/C=C(C)\C=C\CN1CCCC1. The van der Waals surface area contributed by atoms with Crippen LogP contribution in [0.25, 0.3) is 0 Å². The van der Waals surface area contributed by atoms with Crippen LogP contribution in [0.15, 0.2) is 36.5 Å². The van der Waals surface area contributed by atoms with Crippen molar-refractivity contribution in [2.24, 2.45) is 0 Å². The number of rotatable bonds is 4. The van der Waals surface area contributed by atoms with Gasteiger partial charge in [0, 0.05) is 6.54 Å². The Balaban J connectivity index is 2.23. The lowest BCUT2D eigenvalue weighted by molar-refractivity contribution is 0.377. The van der Waals surface area contributed by atoms with E-state index in [4.69, 9.17) is 0 Å². The van der Waals surface area contributed by atoms with Gasteiger partial charge in [-0.05, 0) is 32.9 Å². The van der Waals surface area contributed by atoms with Gasteiger partial charge in [0.05, 0.1) is 0 Å². The van der Waals surface area contributed by atoms with Crippen LogP contribution in [0.4, 0.5) is 0 Å². The van der Waals surface area contributed by atoms with E-state index in [1.165, 1.54) is 31.5 Å². The van der Waals surface area contributed by atoms with E-state index in [9.17, 15) is 0 Å². The molecule has 1 nitrogen and oxygen atoms in total. The highest BCUT2D eigenvalue weighted by Gasteiger charge is 2.08. The maximum Gasteiger partial charge on any atom is 0.0166 e. The lowest BCUT2D eigenvalue weighted by atomic mass is 10.2. The maximum absolute atomic E-state index is 3.67. The van der Waals surface area contributed by atoms with Gasteiger partial charge in [-0.3, -0.25) is 4.90 Å². The minimum absolute atomic E-state index is 1.10. The first-order valence-electron chi connectivity index (χ1n) is 5.01. The quantitative estimate of drug-likeness (QED) is 0.597. The van der Waals surface area contributed by atoms with Crippen LogP contribution in [0, 0.1) is 0 Å². The summed E-state index contributed by atoms with van der Waals surface area (Å²) in [6, 6.07) is 0. The van der Waals surface area contributed by atoms with Crippen LogP contribution in [0.5, 0.6) is 0 Å². The van der Waals surface area contributed by atoms with Gasteiger partial charge in [0.1, 0.15) is 0 Å². The van der Waals surface area contributed by atoms with Crippen LogP contribution in [0.1, 0.15) is 19.8 Å². The molecule has 0 bridgehead atoms. The third-order valence-electron chi connectivity index (χ3n) is 2.32. The number of likely N-dealkylation sites (tertiary alicyclic amines) is 1. The third kappa shape index (κ3) is 4.09. The molecule has 0 spiro atoms. The van der Waals surface area contributed by atoms with Crippen molar-refractivity contribution in [2.45, 2.75) is 19.8 Å². The number of hydrogen-bond acceptors (Lipinski definition) is 1. The zero-order valence-corrected chi connectivity index (χ0v) is 8.50. The van der Waals surface area contributed by atoms with Crippen molar-refractivity contribution in [2.75, 3.05) is 19.6 Å². The topological polar surface area (TPSA) is 3.24 Å². The second kappa shape index (κ2) is 5.76. The summed E-state index contributed by atoms with van der Waals surface area (Å²) < 4.78 is 0. The molecule has 0 radical (unpaired) electrons. The maximum atomic E-state index is 3.67. The molecule has 0 saturated carbocycles. The average Bonchev–Trinajstić information content (AvgIpc) is 2.57. The summed E-state index contributed by atoms with van der Waals surface area (Å²) in [5.74, 6) is 0. The normalized spacial score (nSPS) is 19.9. The summed E-state index contributed by atoms with van der Waals surface area (Å²) in [6.45, 7) is 9.41. The zero-order valence-electron chi connectivity index (χ0n) is 8.50. The molecule has 0 N–H and O–H groups in total. The summed E-state index contributed by atoms with van der Waals surface area (Å²) in [4.78, 5) is 2.48. The molecule has 1 saturated heterocycles. The van der Waals surface area contributed by atoms with E-state index < -0.39 is 0 Å². The molecule has 0 aromatic carbocycles. The summed E-state index contributed by atoms with van der Waals surface area (Å²) >= 11 is 0. The van der Waals surface area contributed by atoms with Crippen LogP contribution < -0.4 is 0 Å². The van der Waals surface area contributed by atoms with Gasteiger partial charge in [-0.2, -0.15) is 0 Å². The highest BCUT2D eigenvalue weighted by molar-refractivity contribution is 5.20. The smallest absolute Gasteiger partial charge is 0.0166 e. The molecule has 13 heavy (non-hydrogen) atoms. The van der Waals surface area contributed by atoms with E-state index in [2.05, 4.69) is 30.6 Å². The van der Waals surface area contributed by atoms with Crippen LogP contribution in [-0.4, -0.2) is 24.5 Å². The van der Waals surface area contributed by atoms with E-state index >= 15 is 0 Å². The van der Waals surface area contributed by atoms with Gasteiger partial charge in [0.2, 0.25) is 0 Å². The van der Waals surface area contributed by atoms with Gasteiger partial charge < -0.3 is 0 Å². The largest absolute Gasteiger partial charge is 0.300 e. The fraction of sp³-hybridized carbons (Fsp3) is 0.500. The van der Waals surface area contributed by atoms with E-state index in [0.717, 1.165) is 6.54 Å². The number of hydrogen-bond donors (Lipinski definition) is 0. The number of allylic oxidation sites excluding steroid dienone is 4. The van der Waals surface area contributed by atoms with Gasteiger partial charge in [-0.25, -0.2) is 0 Å². The molecule has 0 atom stereocenters. The Bertz CT molecular complexity index is 207. The fourth-order valence-electron chi connectivity index (χ4n) is 1.59. The van der Waals surface area contributed by atoms with Crippen molar-refractivity contribution in [3.63, 3.8) is 0 Å².